The molecule has 0 amide bonds. The Hall–Kier alpha value is -3.02. The summed E-state index contributed by atoms with van der Waals surface area (Å²) >= 11 is 0. The first kappa shape index (κ1) is 42.1. The molecule has 0 atom stereocenters. The molecule has 4 aromatic rings. The van der Waals surface area contributed by atoms with Crippen LogP contribution in [-0.4, -0.2) is 22.1 Å². The van der Waals surface area contributed by atoms with E-state index in [1.807, 2.05) is 0 Å². The Morgan fingerprint density at radius 2 is 1.52 bits per heavy atom. The molecule has 0 unspecified atom stereocenters. The quantitative estimate of drug-likeness (QED) is 0.126. The Bertz CT molecular complexity index is 2000. The summed E-state index contributed by atoms with van der Waals surface area (Å²) in [6.07, 6.45) is 9.57. The summed E-state index contributed by atoms with van der Waals surface area (Å²) in [5, 5.41) is 12.6. The molecule has 7 rings (SSSR count). The normalized spacial score (nSPS) is 20.4. The molecule has 3 aliphatic rings. The number of aryl methyl sites for hydroxylation is 2. The molecular formula is C47H57F3IrNO2-. The topological polar surface area (TPSA) is 50.2 Å². The Labute approximate surface area is 334 Å². The molecule has 3 aromatic carbocycles. The number of ketones is 1. The van der Waals surface area contributed by atoms with Crippen molar-refractivity contribution in [1.82, 2.24) is 4.98 Å². The minimum absolute atomic E-state index is 0. The Morgan fingerprint density at radius 3 is 2.13 bits per heavy atom. The van der Waals surface area contributed by atoms with Crippen molar-refractivity contribution in [3.63, 3.8) is 0 Å². The van der Waals surface area contributed by atoms with Gasteiger partial charge in [-0.2, -0.15) is 13.2 Å². The van der Waals surface area contributed by atoms with Gasteiger partial charge in [-0.05, 0) is 123 Å². The van der Waals surface area contributed by atoms with E-state index in [4.69, 9.17) is 10.1 Å². The van der Waals surface area contributed by atoms with Gasteiger partial charge in [-0.15, -0.1) is 29.1 Å². The molecule has 1 aromatic heterocycles. The van der Waals surface area contributed by atoms with Crippen molar-refractivity contribution >= 4 is 27.5 Å². The zero-order chi connectivity index (χ0) is 38.3. The molecule has 54 heavy (non-hydrogen) atoms. The number of benzene rings is 3. The summed E-state index contributed by atoms with van der Waals surface area (Å²) in [6, 6.07) is 21.9. The monoisotopic (exact) mass is 917 g/mol. The van der Waals surface area contributed by atoms with Crippen molar-refractivity contribution in [1.29, 1.82) is 0 Å². The largest absolute Gasteiger partial charge is 0.504 e. The number of rotatable bonds is 4. The molecule has 0 aliphatic heterocycles. The van der Waals surface area contributed by atoms with Gasteiger partial charge in [0, 0.05) is 43.2 Å². The summed E-state index contributed by atoms with van der Waals surface area (Å²) in [4.78, 5) is 16.8. The van der Waals surface area contributed by atoms with Crippen molar-refractivity contribution in [2.45, 2.75) is 143 Å². The zero-order valence-electron chi connectivity index (χ0n) is 33.1. The molecule has 3 nitrogen and oxygen atoms in total. The van der Waals surface area contributed by atoms with Crippen LogP contribution >= 0.6 is 0 Å². The number of hydrogen-bond donors (Lipinski definition) is 1. The fourth-order valence-electron chi connectivity index (χ4n) is 9.42. The molecule has 3 aliphatic carbocycles. The number of carbonyl (C=O) groups excluding carboxylic acids is 1. The van der Waals surface area contributed by atoms with E-state index in [2.05, 4.69) is 103 Å². The van der Waals surface area contributed by atoms with Gasteiger partial charge < -0.3 is 5.11 Å². The van der Waals surface area contributed by atoms with E-state index in [0.29, 0.717) is 30.3 Å². The van der Waals surface area contributed by atoms with Gasteiger partial charge >= 0.3 is 6.18 Å². The SMILES string of the molecule is CC1(C)CCC(C(=O)/C=C(\O)C(F)(F)F)CC1.Cc1cc(C)c2c(C3CCC4(CCCC4)CC3)cc(-c3[c-]c4ccccc4c(C(C)(C)C)c3)nc2c1.[Ir]. The number of pyridine rings is 1. The summed E-state index contributed by atoms with van der Waals surface area (Å²) in [7, 11) is 0. The fraction of sp³-hybridized carbons (Fsp3) is 0.532. The van der Waals surface area contributed by atoms with Crippen LogP contribution < -0.4 is 0 Å². The van der Waals surface area contributed by atoms with E-state index in [-0.39, 0.29) is 36.9 Å². The Morgan fingerprint density at radius 1 is 0.889 bits per heavy atom. The van der Waals surface area contributed by atoms with Crippen LogP contribution in [0.5, 0.6) is 0 Å². The van der Waals surface area contributed by atoms with Gasteiger partial charge in [0.05, 0.1) is 5.52 Å². The smallest absolute Gasteiger partial charge is 0.448 e. The van der Waals surface area contributed by atoms with Crippen molar-refractivity contribution in [2.75, 3.05) is 0 Å². The van der Waals surface area contributed by atoms with Crippen LogP contribution in [0.4, 0.5) is 13.2 Å². The number of aliphatic hydroxyl groups is 1. The van der Waals surface area contributed by atoms with Crippen molar-refractivity contribution in [2.24, 2.45) is 16.7 Å². The standard InChI is InChI=1S/C35H40N.C12H17F3O2.Ir/c1-23-18-24(2)33-29(25-12-16-35(17-13-25)14-8-9-15-35)22-31(36-32(33)19-23)27-20-26-10-6-7-11-28(26)30(21-27)34(3,4)5;1-11(2)5-3-8(4-6-11)9(16)7-10(17)12(13,14)15;/h6-7,10-11,18-19,21-22,25H,8-9,12-17H2,1-5H3;7-8,17H,3-6H2,1-2H3;/q-1;;/b;10-7-;. The average Bonchev–Trinajstić information content (AvgIpc) is 3.54. The van der Waals surface area contributed by atoms with Gasteiger partial charge in [0.2, 0.25) is 5.76 Å². The van der Waals surface area contributed by atoms with Gasteiger partial charge in [-0.1, -0.05) is 88.7 Å². The van der Waals surface area contributed by atoms with Crippen molar-refractivity contribution in [3.05, 3.63) is 88.7 Å². The summed E-state index contributed by atoms with van der Waals surface area (Å²) in [6.45, 7) is 15.6. The van der Waals surface area contributed by atoms with Crippen LogP contribution in [0.1, 0.15) is 140 Å². The van der Waals surface area contributed by atoms with Crippen LogP contribution in [0.3, 0.4) is 0 Å². The Balaban J connectivity index is 0.000000265. The van der Waals surface area contributed by atoms with E-state index < -0.39 is 17.7 Å². The first-order valence-electron chi connectivity index (χ1n) is 19.7. The number of aliphatic hydroxyl groups excluding tert-OH is 1. The summed E-state index contributed by atoms with van der Waals surface area (Å²) < 4.78 is 36.1. The average molecular weight is 917 g/mol. The zero-order valence-corrected chi connectivity index (χ0v) is 35.5. The second-order valence-electron chi connectivity index (χ2n) is 18.3. The molecule has 1 radical (unpaired) electrons. The summed E-state index contributed by atoms with van der Waals surface area (Å²) in [5.74, 6) is -2.17. The van der Waals surface area contributed by atoms with Crippen LogP contribution in [0.15, 0.2) is 60.4 Å². The number of nitrogens with zero attached hydrogens (tertiary/aromatic N) is 1. The number of fused-ring (bicyclic) bond motifs is 2. The minimum atomic E-state index is -4.83. The first-order chi connectivity index (χ1) is 24.8. The molecule has 293 valence electrons. The number of hydrogen-bond acceptors (Lipinski definition) is 3. The second kappa shape index (κ2) is 16.2. The molecule has 1 N–H and O–H groups in total. The number of halogens is 3. The van der Waals surface area contributed by atoms with Crippen LogP contribution in [0, 0.1) is 36.7 Å². The van der Waals surface area contributed by atoms with Crippen molar-refractivity contribution in [3.8, 4) is 11.3 Å². The van der Waals surface area contributed by atoms with E-state index in [1.165, 1.54) is 89.8 Å². The van der Waals surface area contributed by atoms with Crippen molar-refractivity contribution < 1.29 is 43.2 Å². The van der Waals surface area contributed by atoms with Gasteiger partial charge in [-0.3, -0.25) is 9.78 Å². The fourth-order valence-corrected chi connectivity index (χ4v) is 9.42. The minimum Gasteiger partial charge on any atom is -0.504 e. The van der Waals surface area contributed by atoms with E-state index in [1.54, 1.807) is 0 Å². The number of carbonyl (C=O) groups is 1. The van der Waals surface area contributed by atoms with Gasteiger partial charge in [0.1, 0.15) is 0 Å². The van der Waals surface area contributed by atoms with Gasteiger partial charge in [0.25, 0.3) is 0 Å². The second-order valence-corrected chi connectivity index (χ2v) is 18.3. The molecule has 1 spiro atoms. The maximum Gasteiger partial charge on any atom is 0.448 e. The molecule has 7 heteroatoms. The third kappa shape index (κ3) is 9.49. The number of aromatic nitrogens is 1. The van der Waals surface area contributed by atoms with E-state index in [0.717, 1.165) is 29.6 Å². The predicted octanol–water partition coefficient (Wildman–Crippen LogP) is 13.8. The molecule has 0 saturated heterocycles. The Kier molecular flexibility index (Phi) is 12.7. The third-order valence-electron chi connectivity index (χ3n) is 12.6. The molecule has 0 bridgehead atoms. The summed E-state index contributed by atoms with van der Waals surface area (Å²) in [5.41, 5.74) is 9.79. The van der Waals surface area contributed by atoms with Crippen LogP contribution in [-0.2, 0) is 30.3 Å². The van der Waals surface area contributed by atoms with Gasteiger partial charge in [-0.25, -0.2) is 0 Å². The molecule has 3 fully saturated rings. The number of allylic oxidation sites excluding steroid dienone is 2. The van der Waals surface area contributed by atoms with Crippen LogP contribution in [0.25, 0.3) is 32.9 Å². The predicted molar refractivity (Wildman–Crippen MR) is 211 cm³/mol. The van der Waals surface area contributed by atoms with Gasteiger partial charge in [0.15, 0.2) is 5.78 Å². The molecular weight excluding hydrogens is 860 g/mol. The van der Waals surface area contributed by atoms with Crippen LogP contribution in [0.2, 0.25) is 0 Å². The maximum absolute atomic E-state index is 12.0. The molecule has 1 heterocycles. The third-order valence-corrected chi connectivity index (χ3v) is 12.6. The maximum atomic E-state index is 12.0. The first-order valence-corrected chi connectivity index (χ1v) is 19.7. The molecule has 3 saturated carbocycles. The number of alkyl halides is 3. The van der Waals surface area contributed by atoms with E-state index >= 15 is 0 Å². The van der Waals surface area contributed by atoms with E-state index in [9.17, 15) is 18.0 Å².